The highest BCUT2D eigenvalue weighted by Crippen LogP contribution is 2.56. The van der Waals surface area contributed by atoms with E-state index >= 15 is 0 Å². The van der Waals surface area contributed by atoms with Crippen LogP contribution in [0.15, 0.2) is 29.7 Å². The van der Waals surface area contributed by atoms with E-state index in [2.05, 4.69) is 11.4 Å². The van der Waals surface area contributed by atoms with Gasteiger partial charge in [0.15, 0.2) is 11.5 Å². The van der Waals surface area contributed by atoms with E-state index in [-0.39, 0.29) is 12.7 Å². The van der Waals surface area contributed by atoms with Crippen LogP contribution in [0, 0.1) is 0 Å². The first-order valence-corrected chi connectivity index (χ1v) is 8.68. The lowest BCUT2D eigenvalue weighted by Crippen LogP contribution is -2.25. The number of thiophene rings is 1. The predicted octanol–water partition coefficient (Wildman–Crippen LogP) is 3.68. The van der Waals surface area contributed by atoms with Gasteiger partial charge in [-0.1, -0.05) is 12.1 Å². The first-order valence-electron chi connectivity index (χ1n) is 7.80. The second-order valence-electron chi connectivity index (χ2n) is 6.05. The number of nitrogens with one attached hydrogen (secondary N) is 1. The molecule has 1 aliphatic heterocycles. The largest absolute Gasteiger partial charge is 0.454 e. The van der Waals surface area contributed by atoms with E-state index in [1.165, 1.54) is 22.4 Å². The summed E-state index contributed by atoms with van der Waals surface area (Å²) in [7, 11) is 0. The predicted molar refractivity (Wildman–Crippen MR) is 88.0 cm³/mol. The number of amides is 1. The van der Waals surface area contributed by atoms with Crippen molar-refractivity contribution in [3.05, 3.63) is 51.2 Å². The molecular weight excluding hydrogens is 310 g/mol. The van der Waals surface area contributed by atoms with Gasteiger partial charge in [-0.25, -0.2) is 0 Å². The van der Waals surface area contributed by atoms with Crippen molar-refractivity contribution in [3.63, 3.8) is 0 Å². The Morgan fingerprint density at radius 2 is 2.22 bits per heavy atom. The van der Waals surface area contributed by atoms with Crippen LogP contribution in [0.25, 0.3) is 5.57 Å². The molecular formula is C18H15NO3S. The van der Waals surface area contributed by atoms with Crippen molar-refractivity contribution in [1.29, 1.82) is 0 Å². The number of carbonyl (C=O) groups excluding carboxylic acids is 1. The fourth-order valence-corrected chi connectivity index (χ4v) is 4.82. The highest BCUT2D eigenvalue weighted by atomic mass is 32.1. The van der Waals surface area contributed by atoms with Gasteiger partial charge in [-0.05, 0) is 36.1 Å². The second-order valence-corrected chi connectivity index (χ2v) is 6.96. The van der Waals surface area contributed by atoms with Crippen molar-refractivity contribution in [3.8, 4) is 11.5 Å². The number of hydrogen-bond donors (Lipinski definition) is 1. The summed E-state index contributed by atoms with van der Waals surface area (Å²) in [6.07, 6.45) is 4.63. The molecule has 0 spiro atoms. The van der Waals surface area contributed by atoms with Gasteiger partial charge in [-0.15, -0.1) is 11.3 Å². The van der Waals surface area contributed by atoms with E-state index in [9.17, 15) is 4.79 Å². The van der Waals surface area contributed by atoms with Crippen molar-refractivity contribution in [2.24, 2.45) is 0 Å². The number of carbonyl (C=O) groups is 1. The maximum atomic E-state index is 12.5. The van der Waals surface area contributed by atoms with Crippen LogP contribution in [0.3, 0.4) is 0 Å². The molecule has 1 N–H and O–H groups in total. The molecule has 0 radical (unpaired) electrons. The third-order valence-electron chi connectivity index (χ3n) is 4.75. The molecule has 3 aliphatic rings. The van der Waals surface area contributed by atoms with Crippen molar-refractivity contribution < 1.29 is 14.3 Å². The first-order chi connectivity index (χ1) is 11.3. The van der Waals surface area contributed by atoms with Crippen molar-refractivity contribution in [1.82, 2.24) is 5.32 Å². The Balaban J connectivity index is 1.32. The van der Waals surface area contributed by atoms with Crippen LogP contribution in [-0.2, 0) is 6.54 Å². The summed E-state index contributed by atoms with van der Waals surface area (Å²) >= 11 is 1.72. The molecule has 1 aromatic heterocycles. The average Bonchev–Trinajstić information content (AvgIpc) is 3.25. The van der Waals surface area contributed by atoms with Crippen LogP contribution in [0.5, 0.6) is 11.5 Å². The van der Waals surface area contributed by atoms with Crippen molar-refractivity contribution in [2.75, 3.05) is 6.79 Å². The minimum absolute atomic E-state index is 0.00594. The third kappa shape index (κ3) is 1.93. The molecule has 0 saturated carbocycles. The highest BCUT2D eigenvalue weighted by molar-refractivity contribution is 7.11. The minimum Gasteiger partial charge on any atom is -0.454 e. The molecule has 0 saturated heterocycles. The lowest BCUT2D eigenvalue weighted by Gasteiger charge is -2.26. The van der Waals surface area contributed by atoms with Gasteiger partial charge < -0.3 is 14.8 Å². The highest BCUT2D eigenvalue weighted by Gasteiger charge is 2.39. The normalized spacial score (nSPS) is 19.7. The fourth-order valence-electron chi connectivity index (χ4n) is 3.60. The molecule has 116 valence electrons. The Hall–Kier alpha value is -2.27. The van der Waals surface area contributed by atoms with E-state index in [1.54, 1.807) is 11.3 Å². The number of allylic oxidation sites excluding steroid dienone is 2. The maximum Gasteiger partial charge on any atom is 0.253 e. The Labute approximate surface area is 137 Å². The van der Waals surface area contributed by atoms with E-state index in [4.69, 9.17) is 9.47 Å². The summed E-state index contributed by atoms with van der Waals surface area (Å²) in [5.41, 5.74) is 4.42. The Morgan fingerprint density at radius 1 is 1.30 bits per heavy atom. The first kappa shape index (κ1) is 13.2. The van der Waals surface area contributed by atoms with Gasteiger partial charge in [0.2, 0.25) is 6.79 Å². The molecule has 1 atom stereocenters. The maximum absolute atomic E-state index is 12.5. The summed E-state index contributed by atoms with van der Waals surface area (Å²) in [5.74, 6) is 2.12. The van der Waals surface area contributed by atoms with Crippen molar-refractivity contribution in [2.45, 2.75) is 25.3 Å². The molecule has 1 amide bonds. The molecule has 4 nitrogen and oxygen atoms in total. The summed E-state index contributed by atoms with van der Waals surface area (Å²) in [6.45, 7) is 0.755. The van der Waals surface area contributed by atoms with Crippen molar-refractivity contribution >= 4 is 22.8 Å². The van der Waals surface area contributed by atoms with E-state index in [0.29, 0.717) is 12.5 Å². The topological polar surface area (TPSA) is 47.6 Å². The fraction of sp³-hybridized carbons (Fsp3) is 0.278. The zero-order valence-electron chi connectivity index (χ0n) is 12.4. The van der Waals surface area contributed by atoms with Crippen LogP contribution in [0.2, 0.25) is 0 Å². The van der Waals surface area contributed by atoms with Crippen LogP contribution < -0.4 is 14.8 Å². The summed E-state index contributed by atoms with van der Waals surface area (Å²) in [5, 5.41) is 5.02. The van der Waals surface area contributed by atoms with Gasteiger partial charge in [0.05, 0.1) is 5.56 Å². The van der Waals surface area contributed by atoms with Crippen LogP contribution >= 0.6 is 11.3 Å². The number of benzene rings is 1. The number of fused-ring (bicyclic) bond motifs is 5. The molecule has 0 bridgehead atoms. The zero-order valence-corrected chi connectivity index (χ0v) is 13.2. The zero-order chi connectivity index (χ0) is 15.4. The van der Waals surface area contributed by atoms with E-state index < -0.39 is 0 Å². The molecule has 2 heterocycles. The van der Waals surface area contributed by atoms with Gasteiger partial charge >= 0.3 is 0 Å². The molecule has 23 heavy (non-hydrogen) atoms. The van der Waals surface area contributed by atoms with Crippen LogP contribution in [0.1, 0.15) is 45.1 Å². The lowest BCUT2D eigenvalue weighted by molar-refractivity contribution is 0.0950. The third-order valence-corrected chi connectivity index (χ3v) is 5.85. The van der Waals surface area contributed by atoms with E-state index in [1.807, 2.05) is 23.6 Å². The average molecular weight is 325 g/mol. The van der Waals surface area contributed by atoms with Gasteiger partial charge in [-0.3, -0.25) is 4.79 Å². The SMILES string of the molecule is O=C(NCc1ccc2c(c1)OCO2)c1csc2c1C1=CCCC12. The molecule has 1 unspecified atom stereocenters. The molecule has 0 fully saturated rings. The summed E-state index contributed by atoms with van der Waals surface area (Å²) < 4.78 is 10.7. The molecule has 5 rings (SSSR count). The van der Waals surface area contributed by atoms with Gasteiger partial charge in [-0.2, -0.15) is 0 Å². The van der Waals surface area contributed by atoms with Gasteiger partial charge in [0, 0.05) is 28.3 Å². The van der Waals surface area contributed by atoms with E-state index in [0.717, 1.165) is 29.0 Å². The quantitative estimate of drug-likeness (QED) is 0.936. The Bertz CT molecular complexity index is 852. The van der Waals surface area contributed by atoms with Crippen LogP contribution in [0.4, 0.5) is 0 Å². The number of hydrogen-bond acceptors (Lipinski definition) is 4. The van der Waals surface area contributed by atoms with Gasteiger partial charge in [0.1, 0.15) is 0 Å². The molecule has 1 aromatic carbocycles. The molecule has 2 aliphatic carbocycles. The Morgan fingerprint density at radius 3 is 3.17 bits per heavy atom. The smallest absolute Gasteiger partial charge is 0.253 e. The van der Waals surface area contributed by atoms with Crippen LogP contribution in [-0.4, -0.2) is 12.7 Å². The Kier molecular flexibility index (Phi) is 2.79. The molecule has 5 heteroatoms. The standard InChI is InChI=1S/C18H15NO3S/c20-18(13-8-23-17-12-3-1-2-11(12)16(13)17)19-7-10-4-5-14-15(6-10)22-9-21-14/h2,4-6,8,12H,1,3,7,9H2,(H,19,20). The minimum atomic E-state index is 0.00594. The number of rotatable bonds is 3. The number of ether oxygens (including phenoxy) is 2. The summed E-state index contributed by atoms with van der Waals surface area (Å²) in [4.78, 5) is 13.9. The summed E-state index contributed by atoms with van der Waals surface area (Å²) in [6, 6.07) is 5.76. The molecule has 2 aromatic rings. The lowest BCUT2D eigenvalue weighted by atomic mass is 9.79. The van der Waals surface area contributed by atoms with Gasteiger partial charge in [0.25, 0.3) is 5.91 Å². The second kappa shape index (κ2) is 4.86. The monoisotopic (exact) mass is 325 g/mol.